The fourth-order valence-electron chi connectivity index (χ4n) is 0.324. The topological polar surface area (TPSA) is 12.5 Å². The summed E-state index contributed by atoms with van der Waals surface area (Å²) in [4.78, 5) is 1.85. The minimum atomic E-state index is 0.604. The Hall–Kier alpha value is 0.200. The van der Waals surface area contributed by atoms with Gasteiger partial charge in [0.25, 0.3) is 0 Å². The van der Waals surface area contributed by atoms with Crippen LogP contribution in [-0.2, 0) is 4.74 Å². The molecular formula is C5H11NOS2. The highest BCUT2D eigenvalue weighted by Gasteiger charge is 1.95. The Morgan fingerprint density at radius 1 is 1.78 bits per heavy atom. The van der Waals surface area contributed by atoms with E-state index in [9.17, 15) is 0 Å². The summed E-state index contributed by atoms with van der Waals surface area (Å²) in [5.41, 5.74) is 0. The Balaban J connectivity index is 3.27. The molecule has 0 rings (SSSR count). The van der Waals surface area contributed by atoms with Gasteiger partial charge in [-0.2, -0.15) is 0 Å². The summed E-state index contributed by atoms with van der Waals surface area (Å²) in [5.74, 6) is 0. The highest BCUT2D eigenvalue weighted by Crippen LogP contribution is 1.90. The Morgan fingerprint density at radius 3 is 2.67 bits per heavy atom. The van der Waals surface area contributed by atoms with E-state index in [1.54, 1.807) is 7.11 Å². The second-order valence-electron chi connectivity index (χ2n) is 1.70. The van der Waals surface area contributed by atoms with E-state index < -0.39 is 0 Å². The molecule has 0 aromatic rings. The maximum atomic E-state index is 4.83. The van der Waals surface area contributed by atoms with Gasteiger partial charge in [0.2, 0.25) is 0 Å². The Morgan fingerprint density at radius 2 is 2.33 bits per heavy atom. The fourth-order valence-corrected chi connectivity index (χ4v) is 0.515. The molecule has 0 aromatic heterocycles. The maximum absolute atomic E-state index is 4.83. The third kappa shape index (κ3) is 4.69. The highest BCUT2D eigenvalue weighted by atomic mass is 32.1. The first-order valence-electron chi connectivity index (χ1n) is 2.61. The smallest absolute Gasteiger partial charge is 0.133 e. The Bertz CT molecular complexity index is 97.0. The lowest BCUT2D eigenvalue weighted by molar-refractivity contribution is 0.184. The average Bonchev–Trinajstić information content (AvgIpc) is 1.82. The number of likely N-dealkylation sites (N-methyl/N-ethyl adjacent to an activating group) is 1. The van der Waals surface area contributed by atoms with Gasteiger partial charge >= 0.3 is 0 Å². The fraction of sp³-hybridized carbons (Fsp3) is 0.800. The van der Waals surface area contributed by atoms with E-state index in [1.807, 2.05) is 11.9 Å². The number of ether oxygens (including phenoxy) is 1. The average molecular weight is 165 g/mol. The number of thiocarbonyl (C=S) groups is 1. The quantitative estimate of drug-likeness (QED) is 0.490. The first-order chi connectivity index (χ1) is 4.18. The molecule has 0 bridgehead atoms. The van der Waals surface area contributed by atoms with Crippen LogP contribution in [0, 0.1) is 0 Å². The molecule has 0 aliphatic carbocycles. The lowest BCUT2D eigenvalue weighted by atomic mass is 10.6. The molecule has 0 aliphatic heterocycles. The molecule has 0 atom stereocenters. The molecule has 0 amide bonds. The van der Waals surface area contributed by atoms with Crippen LogP contribution < -0.4 is 0 Å². The molecule has 0 spiro atoms. The van der Waals surface area contributed by atoms with E-state index in [1.165, 1.54) is 0 Å². The molecule has 0 N–H and O–H groups in total. The molecule has 0 saturated carbocycles. The predicted molar refractivity (Wildman–Crippen MR) is 46.1 cm³/mol. The van der Waals surface area contributed by atoms with Gasteiger partial charge in [0.05, 0.1) is 6.61 Å². The van der Waals surface area contributed by atoms with Crippen molar-refractivity contribution in [3.8, 4) is 0 Å². The molecule has 0 unspecified atom stereocenters. The van der Waals surface area contributed by atoms with Crippen LogP contribution in [0.25, 0.3) is 0 Å². The first kappa shape index (κ1) is 9.20. The summed E-state index contributed by atoms with van der Waals surface area (Å²) in [6.07, 6.45) is 0. The molecular weight excluding hydrogens is 154 g/mol. The summed E-state index contributed by atoms with van der Waals surface area (Å²) < 4.78 is 5.43. The van der Waals surface area contributed by atoms with Gasteiger partial charge in [-0.05, 0) is 0 Å². The van der Waals surface area contributed by atoms with Crippen LogP contribution >= 0.6 is 24.8 Å². The van der Waals surface area contributed by atoms with Crippen LogP contribution in [0.5, 0.6) is 0 Å². The van der Waals surface area contributed by atoms with Crippen molar-refractivity contribution in [1.82, 2.24) is 4.90 Å². The summed E-state index contributed by atoms with van der Waals surface area (Å²) in [5, 5.41) is 0. The lowest BCUT2D eigenvalue weighted by Crippen LogP contribution is -2.24. The third-order valence-electron chi connectivity index (χ3n) is 0.957. The summed E-state index contributed by atoms with van der Waals surface area (Å²) in [6, 6.07) is 0. The number of thiol groups is 1. The van der Waals surface area contributed by atoms with Gasteiger partial charge < -0.3 is 9.64 Å². The van der Waals surface area contributed by atoms with Gasteiger partial charge in [0.15, 0.2) is 0 Å². The monoisotopic (exact) mass is 165 g/mol. The van der Waals surface area contributed by atoms with E-state index in [2.05, 4.69) is 12.6 Å². The zero-order chi connectivity index (χ0) is 7.28. The first-order valence-corrected chi connectivity index (χ1v) is 3.47. The molecule has 0 radical (unpaired) electrons. The number of nitrogens with zero attached hydrogens (tertiary/aromatic N) is 1. The Kier molecular flexibility index (Phi) is 5.13. The van der Waals surface area contributed by atoms with Crippen LogP contribution in [0.15, 0.2) is 0 Å². The third-order valence-corrected chi connectivity index (χ3v) is 1.61. The van der Waals surface area contributed by atoms with Gasteiger partial charge in [-0.15, -0.1) is 12.6 Å². The zero-order valence-corrected chi connectivity index (χ0v) is 7.34. The summed E-state index contributed by atoms with van der Waals surface area (Å²) >= 11 is 8.73. The van der Waals surface area contributed by atoms with E-state index in [-0.39, 0.29) is 0 Å². The maximum Gasteiger partial charge on any atom is 0.133 e. The van der Waals surface area contributed by atoms with Crippen molar-refractivity contribution in [1.29, 1.82) is 0 Å². The van der Waals surface area contributed by atoms with E-state index in [0.29, 0.717) is 10.9 Å². The molecule has 0 heterocycles. The van der Waals surface area contributed by atoms with Gasteiger partial charge in [-0.1, -0.05) is 12.2 Å². The van der Waals surface area contributed by atoms with Crippen LogP contribution in [0.2, 0.25) is 0 Å². The molecule has 0 aliphatic rings. The minimum absolute atomic E-state index is 0.604. The van der Waals surface area contributed by atoms with E-state index in [4.69, 9.17) is 17.0 Å². The molecule has 2 nitrogen and oxygen atoms in total. The molecule has 0 saturated heterocycles. The normalized spacial score (nSPS) is 9.22. The zero-order valence-electron chi connectivity index (χ0n) is 5.63. The van der Waals surface area contributed by atoms with Crippen LogP contribution in [0.3, 0.4) is 0 Å². The van der Waals surface area contributed by atoms with Crippen molar-refractivity contribution < 1.29 is 4.74 Å². The Labute approximate surface area is 66.6 Å². The van der Waals surface area contributed by atoms with Crippen molar-refractivity contribution in [3.63, 3.8) is 0 Å². The highest BCUT2D eigenvalue weighted by molar-refractivity contribution is 8.10. The van der Waals surface area contributed by atoms with Crippen LogP contribution in [0.1, 0.15) is 0 Å². The van der Waals surface area contributed by atoms with Gasteiger partial charge in [-0.3, -0.25) is 0 Å². The van der Waals surface area contributed by atoms with Gasteiger partial charge in [0, 0.05) is 20.7 Å². The molecule has 0 aromatic carbocycles. The van der Waals surface area contributed by atoms with Crippen molar-refractivity contribution in [2.24, 2.45) is 0 Å². The molecule has 4 heteroatoms. The SMILES string of the molecule is COCCN(C)C(=S)S. The van der Waals surface area contributed by atoms with Crippen LogP contribution in [-0.4, -0.2) is 36.5 Å². The number of rotatable bonds is 3. The minimum Gasteiger partial charge on any atom is -0.383 e. The number of methoxy groups -OCH3 is 1. The molecule has 54 valence electrons. The van der Waals surface area contributed by atoms with E-state index >= 15 is 0 Å². The number of hydrogen-bond acceptors (Lipinski definition) is 2. The summed E-state index contributed by atoms with van der Waals surface area (Å²) in [7, 11) is 3.55. The molecule has 9 heavy (non-hydrogen) atoms. The largest absolute Gasteiger partial charge is 0.383 e. The second-order valence-corrected chi connectivity index (χ2v) is 2.81. The van der Waals surface area contributed by atoms with Gasteiger partial charge in [0.1, 0.15) is 4.32 Å². The predicted octanol–water partition coefficient (Wildman–Crippen LogP) is 0.779. The van der Waals surface area contributed by atoms with Crippen LogP contribution in [0.4, 0.5) is 0 Å². The van der Waals surface area contributed by atoms with E-state index in [0.717, 1.165) is 6.54 Å². The molecule has 0 fully saturated rings. The second kappa shape index (κ2) is 5.02. The standard InChI is InChI=1S/C5H11NOS2/c1-6(5(8)9)3-4-7-2/h3-4H2,1-2H3,(H,8,9). The number of hydrogen-bond donors (Lipinski definition) is 1. The van der Waals surface area contributed by atoms with Crippen molar-refractivity contribution in [2.75, 3.05) is 27.3 Å². The van der Waals surface area contributed by atoms with Crippen molar-refractivity contribution in [3.05, 3.63) is 0 Å². The van der Waals surface area contributed by atoms with Gasteiger partial charge in [-0.25, -0.2) is 0 Å². The summed E-state index contributed by atoms with van der Waals surface area (Å²) in [6.45, 7) is 1.50. The van der Waals surface area contributed by atoms with Crippen molar-refractivity contribution >= 4 is 29.2 Å². The lowest BCUT2D eigenvalue weighted by Gasteiger charge is -2.14. The van der Waals surface area contributed by atoms with Crippen molar-refractivity contribution in [2.45, 2.75) is 0 Å².